The molecule has 2 rings (SSSR count). The summed E-state index contributed by atoms with van der Waals surface area (Å²) in [6.45, 7) is 0. The SMILES string of the molecule is O=C(Nc1c(Br)cccc1Br)c1cc(Br)c(Br)s1. The maximum Gasteiger partial charge on any atom is 0.265 e. The van der Waals surface area contributed by atoms with E-state index in [4.69, 9.17) is 0 Å². The number of rotatable bonds is 2. The van der Waals surface area contributed by atoms with Gasteiger partial charge in [-0.1, -0.05) is 6.07 Å². The highest BCUT2D eigenvalue weighted by molar-refractivity contribution is 9.13. The molecule has 1 heterocycles. The Morgan fingerprint density at radius 2 is 1.67 bits per heavy atom. The molecular formula is C11H5Br4NOS. The zero-order valence-electron chi connectivity index (χ0n) is 8.64. The Morgan fingerprint density at radius 1 is 1.06 bits per heavy atom. The fourth-order valence-corrected chi connectivity index (χ4v) is 4.38. The Hall–Kier alpha value is 0.310. The zero-order chi connectivity index (χ0) is 13.3. The second-order valence-corrected chi connectivity index (χ2v) is 8.22. The molecule has 0 atom stereocenters. The van der Waals surface area contributed by atoms with E-state index in [-0.39, 0.29) is 5.91 Å². The van der Waals surface area contributed by atoms with Gasteiger partial charge in [0.1, 0.15) is 0 Å². The third kappa shape index (κ3) is 3.25. The van der Waals surface area contributed by atoms with E-state index in [2.05, 4.69) is 69.0 Å². The standard InChI is InChI=1S/C11H5Br4NOS/c12-5-2-1-3-6(13)9(5)16-11(17)8-4-7(14)10(15)18-8/h1-4H,(H,16,17). The number of amides is 1. The minimum atomic E-state index is -0.140. The number of benzene rings is 1. The summed E-state index contributed by atoms with van der Waals surface area (Å²) in [5, 5.41) is 2.87. The average Bonchev–Trinajstić information content (AvgIpc) is 2.64. The molecule has 0 fully saturated rings. The van der Waals surface area contributed by atoms with Gasteiger partial charge in [0.25, 0.3) is 5.91 Å². The predicted octanol–water partition coefficient (Wildman–Crippen LogP) is 6.05. The van der Waals surface area contributed by atoms with Gasteiger partial charge in [-0.2, -0.15) is 0 Å². The number of thiophene rings is 1. The van der Waals surface area contributed by atoms with Crippen molar-refractivity contribution in [2.45, 2.75) is 0 Å². The lowest BCUT2D eigenvalue weighted by molar-refractivity contribution is 0.103. The van der Waals surface area contributed by atoms with Crippen molar-refractivity contribution in [3.8, 4) is 0 Å². The molecule has 2 nitrogen and oxygen atoms in total. The van der Waals surface area contributed by atoms with Crippen LogP contribution in [0.5, 0.6) is 0 Å². The predicted molar refractivity (Wildman–Crippen MR) is 89.5 cm³/mol. The average molecular weight is 519 g/mol. The van der Waals surface area contributed by atoms with Gasteiger partial charge in [0, 0.05) is 13.4 Å². The highest BCUT2D eigenvalue weighted by Crippen LogP contribution is 2.34. The first-order valence-corrected chi connectivity index (χ1v) is 8.68. The topological polar surface area (TPSA) is 29.1 Å². The Bertz CT molecular complexity index is 571. The van der Waals surface area contributed by atoms with E-state index < -0.39 is 0 Å². The number of para-hydroxylation sites is 1. The van der Waals surface area contributed by atoms with Crippen LogP contribution in [0.25, 0.3) is 0 Å². The van der Waals surface area contributed by atoms with Gasteiger partial charge in [0.15, 0.2) is 0 Å². The van der Waals surface area contributed by atoms with Crippen molar-refractivity contribution < 1.29 is 4.79 Å². The molecule has 0 spiro atoms. The Morgan fingerprint density at radius 3 is 2.17 bits per heavy atom. The number of anilines is 1. The van der Waals surface area contributed by atoms with Crippen LogP contribution in [-0.4, -0.2) is 5.91 Å². The van der Waals surface area contributed by atoms with E-state index >= 15 is 0 Å². The number of nitrogens with one attached hydrogen (secondary N) is 1. The van der Waals surface area contributed by atoms with Crippen molar-refractivity contribution >= 4 is 86.7 Å². The van der Waals surface area contributed by atoms with Crippen molar-refractivity contribution in [3.63, 3.8) is 0 Å². The largest absolute Gasteiger partial charge is 0.319 e. The quantitative estimate of drug-likeness (QED) is 0.515. The molecule has 0 bridgehead atoms. The molecule has 7 heteroatoms. The lowest BCUT2D eigenvalue weighted by Crippen LogP contribution is -2.11. The fraction of sp³-hybridized carbons (Fsp3) is 0. The molecule has 2 aromatic rings. The number of carbonyl (C=O) groups is 1. The monoisotopic (exact) mass is 515 g/mol. The minimum absolute atomic E-state index is 0.140. The number of halogens is 4. The van der Waals surface area contributed by atoms with E-state index in [1.54, 1.807) is 6.07 Å². The molecule has 0 saturated heterocycles. The Kier molecular flexibility index (Phi) is 5.05. The van der Waals surface area contributed by atoms with Crippen LogP contribution in [0.3, 0.4) is 0 Å². The minimum Gasteiger partial charge on any atom is -0.319 e. The zero-order valence-corrected chi connectivity index (χ0v) is 15.8. The van der Waals surface area contributed by atoms with Gasteiger partial charge in [-0.15, -0.1) is 11.3 Å². The summed E-state index contributed by atoms with van der Waals surface area (Å²) >= 11 is 14.9. The summed E-state index contributed by atoms with van der Waals surface area (Å²) in [7, 11) is 0. The van der Waals surface area contributed by atoms with Crippen LogP contribution in [0.4, 0.5) is 5.69 Å². The molecule has 0 aliphatic rings. The second-order valence-electron chi connectivity index (χ2n) is 3.28. The molecule has 1 aromatic heterocycles. The van der Waals surface area contributed by atoms with Gasteiger partial charge in [0.05, 0.1) is 14.4 Å². The molecule has 0 aliphatic heterocycles. The molecular weight excluding hydrogens is 514 g/mol. The highest BCUT2D eigenvalue weighted by atomic mass is 79.9. The van der Waals surface area contributed by atoms with Crippen LogP contribution in [0.15, 0.2) is 41.5 Å². The second kappa shape index (κ2) is 6.17. The lowest BCUT2D eigenvalue weighted by atomic mass is 10.3. The van der Waals surface area contributed by atoms with Gasteiger partial charge >= 0.3 is 0 Å². The number of carbonyl (C=O) groups excluding carboxylic acids is 1. The van der Waals surface area contributed by atoms with Gasteiger partial charge in [-0.05, 0) is 81.9 Å². The lowest BCUT2D eigenvalue weighted by Gasteiger charge is -2.08. The first-order valence-electron chi connectivity index (χ1n) is 4.69. The van der Waals surface area contributed by atoms with E-state index in [9.17, 15) is 4.79 Å². The molecule has 1 aromatic carbocycles. The normalized spacial score (nSPS) is 10.4. The van der Waals surface area contributed by atoms with Crippen LogP contribution < -0.4 is 5.32 Å². The molecule has 1 amide bonds. The van der Waals surface area contributed by atoms with Gasteiger partial charge in [0.2, 0.25) is 0 Å². The molecule has 0 unspecified atom stereocenters. The van der Waals surface area contributed by atoms with E-state index in [0.717, 1.165) is 22.9 Å². The molecule has 0 aliphatic carbocycles. The van der Waals surface area contributed by atoms with Crippen molar-refractivity contribution in [1.29, 1.82) is 0 Å². The molecule has 18 heavy (non-hydrogen) atoms. The van der Waals surface area contributed by atoms with Crippen LogP contribution in [0.2, 0.25) is 0 Å². The maximum absolute atomic E-state index is 12.1. The summed E-state index contributed by atoms with van der Waals surface area (Å²) in [6, 6.07) is 7.43. The highest BCUT2D eigenvalue weighted by Gasteiger charge is 2.14. The first-order chi connectivity index (χ1) is 8.49. The van der Waals surface area contributed by atoms with Gasteiger partial charge < -0.3 is 5.32 Å². The fourth-order valence-electron chi connectivity index (χ4n) is 1.25. The summed E-state index contributed by atoms with van der Waals surface area (Å²) in [4.78, 5) is 12.7. The van der Waals surface area contributed by atoms with Crippen LogP contribution in [0, 0.1) is 0 Å². The number of hydrogen-bond acceptors (Lipinski definition) is 2. The summed E-state index contributed by atoms with van der Waals surface area (Å²) in [6.07, 6.45) is 0. The van der Waals surface area contributed by atoms with Gasteiger partial charge in [-0.25, -0.2) is 0 Å². The summed E-state index contributed by atoms with van der Waals surface area (Å²) in [5.41, 5.74) is 0.725. The summed E-state index contributed by atoms with van der Waals surface area (Å²) in [5.74, 6) is -0.140. The van der Waals surface area contributed by atoms with Crippen molar-refractivity contribution in [3.05, 3.63) is 46.3 Å². The molecule has 0 radical (unpaired) electrons. The third-order valence-corrected chi connectivity index (χ3v) is 6.65. The van der Waals surface area contributed by atoms with Crippen LogP contribution in [-0.2, 0) is 0 Å². The van der Waals surface area contributed by atoms with Crippen molar-refractivity contribution in [2.24, 2.45) is 0 Å². The molecule has 1 N–H and O–H groups in total. The van der Waals surface area contributed by atoms with E-state index in [1.807, 2.05) is 18.2 Å². The first kappa shape index (κ1) is 14.7. The molecule has 0 saturated carbocycles. The Labute approximate surface area is 142 Å². The number of hydrogen-bond donors (Lipinski definition) is 1. The van der Waals surface area contributed by atoms with Crippen LogP contribution >= 0.6 is 75.1 Å². The van der Waals surface area contributed by atoms with Crippen LogP contribution in [0.1, 0.15) is 9.67 Å². The van der Waals surface area contributed by atoms with Crippen molar-refractivity contribution in [2.75, 3.05) is 5.32 Å². The third-order valence-electron chi connectivity index (χ3n) is 2.07. The maximum atomic E-state index is 12.1. The van der Waals surface area contributed by atoms with E-state index in [1.165, 1.54) is 11.3 Å². The van der Waals surface area contributed by atoms with Gasteiger partial charge in [-0.3, -0.25) is 4.79 Å². The molecule has 94 valence electrons. The van der Waals surface area contributed by atoms with Crippen molar-refractivity contribution in [1.82, 2.24) is 0 Å². The Balaban J connectivity index is 2.27. The summed E-state index contributed by atoms with van der Waals surface area (Å²) < 4.78 is 3.45. The van der Waals surface area contributed by atoms with E-state index in [0.29, 0.717) is 4.88 Å². The smallest absolute Gasteiger partial charge is 0.265 e.